The molecule has 17 heteroatoms. The number of carbonyl (C=O) groups is 6. The number of piperidine rings is 2. The number of hydroxylamine groups is 4. The highest BCUT2D eigenvalue weighted by Gasteiger charge is 2.53. The zero-order chi connectivity index (χ0) is 30.3. The van der Waals surface area contributed by atoms with Crippen LogP contribution in [0.3, 0.4) is 0 Å². The van der Waals surface area contributed by atoms with E-state index in [9.17, 15) is 28.8 Å². The van der Waals surface area contributed by atoms with Crippen molar-refractivity contribution >= 4 is 35.7 Å². The molecule has 17 nitrogen and oxygen atoms in total. The number of nitrogens with one attached hydrogen (secondary N) is 4. The lowest BCUT2D eigenvalue weighted by Gasteiger charge is -2.30. The van der Waals surface area contributed by atoms with Crippen LogP contribution in [-0.4, -0.2) is 106 Å². The van der Waals surface area contributed by atoms with Crippen molar-refractivity contribution in [2.75, 3.05) is 26.2 Å². The zero-order valence-corrected chi connectivity index (χ0v) is 23.8. The summed E-state index contributed by atoms with van der Waals surface area (Å²) in [5.74, 6) is -2.01. The minimum absolute atomic E-state index is 0.0828. The molecule has 8 N–H and O–H groups in total. The lowest BCUT2D eigenvalue weighted by atomic mass is 9.93. The first-order valence-corrected chi connectivity index (χ1v) is 13.7. The van der Waals surface area contributed by atoms with E-state index in [4.69, 9.17) is 16.4 Å². The second-order valence-corrected chi connectivity index (χ2v) is 12.2. The van der Waals surface area contributed by atoms with E-state index < -0.39 is 58.6 Å². The van der Waals surface area contributed by atoms with E-state index in [2.05, 4.69) is 21.7 Å². The summed E-state index contributed by atoms with van der Waals surface area (Å²) in [5.41, 5.74) is 18.9. The molecule has 0 aromatic rings. The standard InChI is InChI=1S/C24H40N10O7/c1-23(2,11-25)19(37)29-27-17(35)15-7-5-13-9-31(15)21(39)33(13)41-34-14-6-8-16(32(10-14)22(34)40)18(36)28-30-20(38)24(3,4)12-26/h13-16H,5-12,25-26H2,1-4H3,(H,27,35)(H,28,36)(H,29,37)(H,30,38)/t13-,14-,15-,16-/m1/s1. The molecule has 41 heavy (non-hydrogen) atoms. The van der Waals surface area contributed by atoms with E-state index >= 15 is 0 Å². The van der Waals surface area contributed by atoms with E-state index in [1.54, 1.807) is 27.7 Å². The molecular weight excluding hydrogens is 540 g/mol. The van der Waals surface area contributed by atoms with E-state index in [1.165, 1.54) is 9.80 Å². The predicted molar refractivity (Wildman–Crippen MR) is 141 cm³/mol. The molecule has 4 aliphatic rings. The summed E-state index contributed by atoms with van der Waals surface area (Å²) >= 11 is 0. The Balaban J connectivity index is 1.34. The maximum Gasteiger partial charge on any atom is 0.347 e. The number of rotatable bonds is 8. The molecule has 0 aromatic heterocycles. The van der Waals surface area contributed by atoms with Gasteiger partial charge in [0.05, 0.1) is 22.9 Å². The molecule has 4 fully saturated rings. The lowest BCUT2D eigenvalue weighted by molar-refractivity contribution is -0.284. The number of carbonyl (C=O) groups excluding carboxylic acids is 6. The quantitative estimate of drug-likeness (QED) is 0.169. The van der Waals surface area contributed by atoms with E-state index in [0.717, 1.165) is 10.1 Å². The fraction of sp³-hybridized carbons (Fsp3) is 0.750. The van der Waals surface area contributed by atoms with Gasteiger partial charge in [-0.2, -0.15) is 10.1 Å². The molecule has 228 valence electrons. The van der Waals surface area contributed by atoms with Crippen LogP contribution in [0.2, 0.25) is 0 Å². The molecule has 4 aliphatic heterocycles. The van der Waals surface area contributed by atoms with Crippen molar-refractivity contribution in [2.24, 2.45) is 22.3 Å². The highest BCUT2D eigenvalue weighted by atomic mass is 16.9. The Morgan fingerprint density at radius 3 is 1.41 bits per heavy atom. The minimum Gasteiger partial charge on any atom is -0.329 e. The van der Waals surface area contributed by atoms with Gasteiger partial charge in [0, 0.05) is 26.2 Å². The molecule has 0 unspecified atom stereocenters. The van der Waals surface area contributed by atoms with Crippen LogP contribution in [0.1, 0.15) is 53.4 Å². The lowest BCUT2D eigenvalue weighted by Crippen LogP contribution is -2.56. The number of hydrogen-bond acceptors (Lipinski definition) is 9. The van der Waals surface area contributed by atoms with Gasteiger partial charge in [-0.15, -0.1) is 4.94 Å². The minimum atomic E-state index is -0.884. The van der Waals surface area contributed by atoms with Gasteiger partial charge in [-0.1, -0.05) is 0 Å². The maximum atomic E-state index is 13.2. The summed E-state index contributed by atoms with van der Waals surface area (Å²) < 4.78 is 0. The van der Waals surface area contributed by atoms with Crippen LogP contribution in [0.5, 0.6) is 0 Å². The van der Waals surface area contributed by atoms with Crippen molar-refractivity contribution in [2.45, 2.75) is 77.5 Å². The van der Waals surface area contributed by atoms with Crippen molar-refractivity contribution in [3.8, 4) is 0 Å². The Kier molecular flexibility index (Phi) is 8.33. The fourth-order valence-electron chi connectivity index (χ4n) is 5.04. The zero-order valence-electron chi connectivity index (χ0n) is 23.8. The van der Waals surface area contributed by atoms with Gasteiger partial charge in [0.2, 0.25) is 11.8 Å². The number of amides is 8. The molecule has 4 atom stereocenters. The molecule has 8 amide bonds. The number of hydrazine groups is 2. The molecule has 0 saturated carbocycles. The summed E-state index contributed by atoms with van der Waals surface area (Å²) in [6.07, 6.45) is 1.53. The van der Waals surface area contributed by atoms with Crippen LogP contribution >= 0.6 is 0 Å². The number of nitrogens with two attached hydrogens (primary N) is 2. The van der Waals surface area contributed by atoms with Crippen LogP contribution in [0, 0.1) is 10.8 Å². The van der Waals surface area contributed by atoms with Gasteiger partial charge >= 0.3 is 12.1 Å². The van der Waals surface area contributed by atoms with Gasteiger partial charge in [-0.25, -0.2) is 9.59 Å². The van der Waals surface area contributed by atoms with Gasteiger partial charge in [-0.3, -0.25) is 40.9 Å². The highest BCUT2D eigenvalue weighted by molar-refractivity contribution is 5.92. The van der Waals surface area contributed by atoms with Gasteiger partial charge in [0.1, 0.15) is 12.1 Å². The molecule has 0 aromatic carbocycles. The number of fused-ring (bicyclic) bond motifs is 4. The van der Waals surface area contributed by atoms with E-state index in [0.29, 0.717) is 25.7 Å². The van der Waals surface area contributed by atoms with Crippen molar-refractivity contribution < 1.29 is 33.7 Å². The summed E-state index contributed by atoms with van der Waals surface area (Å²) in [7, 11) is 0. The first-order valence-electron chi connectivity index (χ1n) is 13.7. The third-order valence-corrected chi connectivity index (χ3v) is 8.28. The van der Waals surface area contributed by atoms with Crippen LogP contribution in [0.25, 0.3) is 0 Å². The van der Waals surface area contributed by atoms with Crippen LogP contribution < -0.4 is 33.2 Å². The molecule has 4 rings (SSSR count). The van der Waals surface area contributed by atoms with E-state index in [1.807, 2.05) is 0 Å². The van der Waals surface area contributed by atoms with Crippen LogP contribution in [-0.2, 0) is 24.1 Å². The molecule has 0 spiro atoms. The largest absolute Gasteiger partial charge is 0.347 e. The normalized spacial score (nSPS) is 25.8. The molecule has 4 heterocycles. The monoisotopic (exact) mass is 580 g/mol. The summed E-state index contributed by atoms with van der Waals surface area (Å²) in [6.45, 7) is 7.14. The summed E-state index contributed by atoms with van der Waals surface area (Å²) in [4.78, 5) is 85.2. The Morgan fingerprint density at radius 1 is 0.707 bits per heavy atom. The number of hydrogen-bond donors (Lipinski definition) is 6. The molecule has 0 aliphatic carbocycles. The van der Waals surface area contributed by atoms with Gasteiger partial charge in [0.25, 0.3) is 11.8 Å². The summed E-state index contributed by atoms with van der Waals surface area (Å²) in [6, 6.07) is -3.60. The first-order chi connectivity index (χ1) is 19.2. The van der Waals surface area contributed by atoms with Crippen molar-refractivity contribution in [3.05, 3.63) is 0 Å². The van der Waals surface area contributed by atoms with Gasteiger partial charge in [-0.05, 0) is 53.4 Å². The fourth-order valence-corrected chi connectivity index (χ4v) is 5.04. The number of urea groups is 2. The average Bonchev–Trinajstić information content (AvgIpc) is 3.34. The Morgan fingerprint density at radius 2 is 1.07 bits per heavy atom. The highest BCUT2D eigenvalue weighted by Crippen LogP contribution is 2.35. The third-order valence-electron chi connectivity index (χ3n) is 8.28. The molecule has 4 bridgehead atoms. The second-order valence-electron chi connectivity index (χ2n) is 12.2. The molecule has 0 radical (unpaired) electrons. The second kappa shape index (κ2) is 11.3. The number of nitrogens with zero attached hydrogens (tertiary/aromatic N) is 4. The van der Waals surface area contributed by atoms with Gasteiger partial charge < -0.3 is 21.3 Å². The smallest absolute Gasteiger partial charge is 0.329 e. The predicted octanol–water partition coefficient (Wildman–Crippen LogP) is -2.37. The van der Waals surface area contributed by atoms with E-state index in [-0.39, 0.29) is 38.3 Å². The van der Waals surface area contributed by atoms with Gasteiger partial charge in [0.15, 0.2) is 0 Å². The van der Waals surface area contributed by atoms with Crippen LogP contribution in [0.4, 0.5) is 9.59 Å². The first kappa shape index (κ1) is 30.3. The topological polar surface area (TPSA) is 225 Å². The Hall–Kier alpha value is -3.70. The van der Waals surface area contributed by atoms with Crippen molar-refractivity contribution in [3.63, 3.8) is 0 Å². The summed E-state index contributed by atoms with van der Waals surface area (Å²) in [5, 5.41) is 2.21. The molecule has 4 saturated heterocycles. The Bertz CT molecular complexity index is 1030. The third kappa shape index (κ3) is 5.73. The average molecular weight is 581 g/mol. The Labute approximate surface area is 237 Å². The maximum absolute atomic E-state index is 13.2. The van der Waals surface area contributed by atoms with Crippen molar-refractivity contribution in [1.29, 1.82) is 0 Å². The molecular formula is C24H40N10O7. The van der Waals surface area contributed by atoms with Crippen molar-refractivity contribution in [1.82, 2.24) is 41.6 Å². The SMILES string of the molecule is CC(C)(CN)C(=O)NNC(=O)[C@H]1CC[C@@H]2CN1C(=O)N2ON1C(=O)N2C[C@H]1CC[C@@H]2C(=O)NNC(=O)C(C)(C)CN. The van der Waals surface area contributed by atoms with Crippen LogP contribution in [0.15, 0.2) is 0 Å².